The lowest BCUT2D eigenvalue weighted by molar-refractivity contribution is 0.0162. The van der Waals surface area contributed by atoms with E-state index in [4.69, 9.17) is 4.74 Å². The van der Waals surface area contributed by atoms with Gasteiger partial charge in [-0.25, -0.2) is 0 Å². The van der Waals surface area contributed by atoms with Crippen LogP contribution in [0.2, 0.25) is 0 Å². The van der Waals surface area contributed by atoms with Gasteiger partial charge in [0.1, 0.15) is 0 Å². The molecule has 0 aliphatic carbocycles. The van der Waals surface area contributed by atoms with Gasteiger partial charge in [0.2, 0.25) is 0 Å². The van der Waals surface area contributed by atoms with Crippen molar-refractivity contribution in [3.63, 3.8) is 0 Å². The Morgan fingerprint density at radius 1 is 1.12 bits per heavy atom. The van der Waals surface area contributed by atoms with E-state index in [1.165, 1.54) is 5.56 Å². The molecule has 1 N–H and O–H groups in total. The standard InChI is InChI=1S/C19H21IN2O2/c20-17-8-4-7-16(13-17)19(23)21-14-18(15-5-2-1-3-6-15)22-9-11-24-12-10-22/h1-8,13,18H,9-12,14H2,(H,21,23)/t18-/m0/s1. The molecule has 0 spiro atoms. The maximum Gasteiger partial charge on any atom is 0.251 e. The van der Waals surface area contributed by atoms with Gasteiger partial charge in [0.05, 0.1) is 19.3 Å². The first-order chi connectivity index (χ1) is 11.7. The highest BCUT2D eigenvalue weighted by molar-refractivity contribution is 14.1. The van der Waals surface area contributed by atoms with Crippen LogP contribution in [0.1, 0.15) is 22.0 Å². The van der Waals surface area contributed by atoms with E-state index in [1.807, 2.05) is 42.5 Å². The van der Waals surface area contributed by atoms with Crippen molar-refractivity contribution in [1.82, 2.24) is 10.2 Å². The molecule has 2 aromatic rings. The van der Waals surface area contributed by atoms with Crippen LogP contribution in [0.15, 0.2) is 54.6 Å². The minimum Gasteiger partial charge on any atom is -0.379 e. The van der Waals surface area contributed by atoms with Crippen LogP contribution in [0, 0.1) is 3.57 Å². The monoisotopic (exact) mass is 436 g/mol. The van der Waals surface area contributed by atoms with Crippen LogP contribution in [-0.4, -0.2) is 43.7 Å². The number of hydrogen-bond donors (Lipinski definition) is 1. The van der Waals surface area contributed by atoms with Crippen LogP contribution in [0.25, 0.3) is 0 Å². The summed E-state index contributed by atoms with van der Waals surface area (Å²) in [6.07, 6.45) is 0. The van der Waals surface area contributed by atoms with Crippen molar-refractivity contribution in [3.8, 4) is 0 Å². The van der Waals surface area contributed by atoms with Gasteiger partial charge in [0.25, 0.3) is 5.91 Å². The lowest BCUT2D eigenvalue weighted by Crippen LogP contribution is -2.43. The second-order valence-electron chi connectivity index (χ2n) is 5.80. The van der Waals surface area contributed by atoms with Gasteiger partial charge in [-0.15, -0.1) is 0 Å². The minimum absolute atomic E-state index is 0.0253. The first-order valence-corrected chi connectivity index (χ1v) is 9.22. The maximum absolute atomic E-state index is 12.5. The number of amides is 1. The lowest BCUT2D eigenvalue weighted by Gasteiger charge is -2.35. The molecule has 4 nitrogen and oxygen atoms in total. The third-order valence-electron chi connectivity index (χ3n) is 4.21. The summed E-state index contributed by atoms with van der Waals surface area (Å²) in [7, 11) is 0. The number of nitrogens with zero attached hydrogens (tertiary/aromatic N) is 1. The van der Waals surface area contributed by atoms with Gasteiger partial charge in [0.15, 0.2) is 0 Å². The number of ether oxygens (including phenoxy) is 1. The number of carbonyl (C=O) groups is 1. The zero-order valence-corrected chi connectivity index (χ0v) is 15.6. The van der Waals surface area contributed by atoms with Gasteiger partial charge in [0, 0.05) is 28.8 Å². The van der Waals surface area contributed by atoms with Crippen LogP contribution in [0.4, 0.5) is 0 Å². The van der Waals surface area contributed by atoms with Crippen molar-refractivity contribution >= 4 is 28.5 Å². The highest BCUT2D eigenvalue weighted by Gasteiger charge is 2.23. The van der Waals surface area contributed by atoms with Crippen molar-refractivity contribution in [1.29, 1.82) is 0 Å². The number of benzene rings is 2. The first-order valence-electron chi connectivity index (χ1n) is 8.14. The Bertz CT molecular complexity index is 672. The molecule has 1 heterocycles. The summed E-state index contributed by atoms with van der Waals surface area (Å²) in [6.45, 7) is 3.86. The van der Waals surface area contributed by atoms with Crippen LogP contribution in [0.3, 0.4) is 0 Å². The molecular weight excluding hydrogens is 415 g/mol. The fourth-order valence-electron chi connectivity index (χ4n) is 2.94. The summed E-state index contributed by atoms with van der Waals surface area (Å²) in [6, 6.07) is 18.2. The SMILES string of the molecule is O=C(NC[C@@H](c1ccccc1)N1CCOCC1)c1cccc(I)c1. The fraction of sp³-hybridized carbons (Fsp3) is 0.316. The Morgan fingerprint density at radius 3 is 2.58 bits per heavy atom. The Kier molecular flexibility index (Phi) is 6.23. The Balaban J connectivity index is 1.71. The average molecular weight is 436 g/mol. The van der Waals surface area contributed by atoms with Crippen molar-refractivity contribution in [2.45, 2.75) is 6.04 Å². The number of halogens is 1. The molecule has 1 aliphatic rings. The Hall–Kier alpha value is -1.44. The molecule has 1 aliphatic heterocycles. The third-order valence-corrected chi connectivity index (χ3v) is 4.88. The van der Waals surface area contributed by atoms with E-state index in [0.717, 1.165) is 29.9 Å². The summed E-state index contributed by atoms with van der Waals surface area (Å²) in [5.41, 5.74) is 1.93. The number of rotatable bonds is 5. The molecule has 3 rings (SSSR count). The van der Waals surface area contributed by atoms with E-state index < -0.39 is 0 Å². The molecule has 1 fully saturated rings. The molecule has 24 heavy (non-hydrogen) atoms. The summed E-state index contributed by atoms with van der Waals surface area (Å²) < 4.78 is 6.53. The van der Waals surface area contributed by atoms with E-state index in [-0.39, 0.29) is 11.9 Å². The van der Waals surface area contributed by atoms with Gasteiger partial charge in [-0.2, -0.15) is 0 Å². The summed E-state index contributed by atoms with van der Waals surface area (Å²) in [4.78, 5) is 14.8. The zero-order valence-electron chi connectivity index (χ0n) is 13.5. The normalized spacial score (nSPS) is 16.5. The molecular formula is C19H21IN2O2. The van der Waals surface area contributed by atoms with Crippen molar-refractivity contribution < 1.29 is 9.53 Å². The van der Waals surface area contributed by atoms with Gasteiger partial charge in [-0.3, -0.25) is 9.69 Å². The van der Waals surface area contributed by atoms with Crippen molar-refractivity contribution in [2.75, 3.05) is 32.8 Å². The van der Waals surface area contributed by atoms with Crippen LogP contribution >= 0.6 is 22.6 Å². The average Bonchev–Trinajstić information content (AvgIpc) is 2.63. The summed E-state index contributed by atoms with van der Waals surface area (Å²) in [5.74, 6) is -0.0253. The molecule has 126 valence electrons. The van der Waals surface area contributed by atoms with E-state index in [0.29, 0.717) is 12.1 Å². The number of carbonyl (C=O) groups excluding carboxylic acids is 1. The van der Waals surface area contributed by atoms with Gasteiger partial charge in [-0.05, 0) is 46.4 Å². The van der Waals surface area contributed by atoms with Crippen molar-refractivity contribution in [3.05, 3.63) is 69.3 Å². The smallest absolute Gasteiger partial charge is 0.251 e. The number of hydrogen-bond acceptors (Lipinski definition) is 3. The second-order valence-corrected chi connectivity index (χ2v) is 7.04. The summed E-state index contributed by atoms with van der Waals surface area (Å²) >= 11 is 2.22. The van der Waals surface area contributed by atoms with E-state index in [1.54, 1.807) is 0 Å². The molecule has 0 bridgehead atoms. The largest absolute Gasteiger partial charge is 0.379 e. The van der Waals surface area contributed by atoms with Gasteiger partial charge < -0.3 is 10.1 Å². The van der Waals surface area contributed by atoms with Crippen molar-refractivity contribution in [2.24, 2.45) is 0 Å². The quantitative estimate of drug-likeness (QED) is 0.733. The highest BCUT2D eigenvalue weighted by atomic mass is 127. The fourth-order valence-corrected chi connectivity index (χ4v) is 3.49. The third kappa shape index (κ3) is 4.55. The lowest BCUT2D eigenvalue weighted by atomic mass is 10.0. The van der Waals surface area contributed by atoms with Gasteiger partial charge >= 0.3 is 0 Å². The molecule has 0 saturated carbocycles. The highest BCUT2D eigenvalue weighted by Crippen LogP contribution is 2.21. The molecule has 1 saturated heterocycles. The van der Waals surface area contributed by atoms with E-state index >= 15 is 0 Å². The second kappa shape index (κ2) is 8.60. The minimum atomic E-state index is -0.0253. The number of morpholine rings is 1. The topological polar surface area (TPSA) is 41.6 Å². The number of nitrogens with one attached hydrogen (secondary N) is 1. The van der Waals surface area contributed by atoms with Crippen LogP contribution < -0.4 is 5.32 Å². The molecule has 1 amide bonds. The molecule has 1 atom stereocenters. The Morgan fingerprint density at radius 2 is 1.88 bits per heavy atom. The van der Waals surface area contributed by atoms with E-state index in [2.05, 4.69) is 44.9 Å². The maximum atomic E-state index is 12.5. The first kappa shape index (κ1) is 17.4. The molecule has 0 radical (unpaired) electrons. The van der Waals surface area contributed by atoms with Crippen LogP contribution in [-0.2, 0) is 4.74 Å². The predicted octanol–water partition coefficient (Wildman–Crippen LogP) is 3.09. The zero-order chi connectivity index (χ0) is 16.8. The van der Waals surface area contributed by atoms with E-state index in [9.17, 15) is 4.79 Å². The molecule has 0 unspecified atom stereocenters. The molecule has 5 heteroatoms. The Labute approximate surface area is 156 Å². The van der Waals surface area contributed by atoms with Gasteiger partial charge in [-0.1, -0.05) is 36.4 Å². The molecule has 2 aromatic carbocycles. The summed E-state index contributed by atoms with van der Waals surface area (Å²) in [5, 5.41) is 3.10. The predicted molar refractivity (Wildman–Crippen MR) is 103 cm³/mol. The van der Waals surface area contributed by atoms with Crippen LogP contribution in [0.5, 0.6) is 0 Å². The molecule has 0 aromatic heterocycles.